The van der Waals surface area contributed by atoms with Crippen LogP contribution < -0.4 is 4.74 Å². The second-order valence-electron chi connectivity index (χ2n) is 5.64. The van der Waals surface area contributed by atoms with Gasteiger partial charge in [0.05, 0.1) is 7.11 Å². The first kappa shape index (κ1) is 14.3. The van der Waals surface area contributed by atoms with E-state index in [1.807, 2.05) is 13.8 Å². The van der Waals surface area contributed by atoms with E-state index in [-0.39, 0.29) is 5.82 Å². The van der Waals surface area contributed by atoms with Crippen molar-refractivity contribution in [2.45, 2.75) is 38.3 Å². The van der Waals surface area contributed by atoms with Crippen molar-refractivity contribution in [3.05, 3.63) is 29.6 Å². The van der Waals surface area contributed by atoms with Gasteiger partial charge in [-0.25, -0.2) is 4.39 Å². The Hall–Kier alpha value is -1.13. The maximum atomic E-state index is 13.4. The van der Waals surface area contributed by atoms with E-state index in [1.54, 1.807) is 6.07 Å². The molecule has 0 aliphatic carbocycles. The van der Waals surface area contributed by atoms with Crippen LogP contribution in [0.2, 0.25) is 0 Å². The van der Waals surface area contributed by atoms with Gasteiger partial charge in [-0.15, -0.1) is 0 Å². The van der Waals surface area contributed by atoms with Crippen molar-refractivity contribution in [3.8, 4) is 5.75 Å². The van der Waals surface area contributed by atoms with Gasteiger partial charge < -0.3 is 9.84 Å². The van der Waals surface area contributed by atoms with Crippen molar-refractivity contribution >= 4 is 0 Å². The Kier molecular flexibility index (Phi) is 4.11. The zero-order valence-corrected chi connectivity index (χ0v) is 11.8. The highest BCUT2D eigenvalue weighted by molar-refractivity contribution is 5.37. The third kappa shape index (κ3) is 2.74. The van der Waals surface area contributed by atoms with E-state index >= 15 is 0 Å². The third-order valence-electron chi connectivity index (χ3n) is 4.08. The molecular weight excluding hydrogens is 245 g/mol. The van der Waals surface area contributed by atoms with Crippen molar-refractivity contribution in [2.24, 2.45) is 0 Å². The summed E-state index contributed by atoms with van der Waals surface area (Å²) in [5.41, 5.74) is 0.0804. The van der Waals surface area contributed by atoms with E-state index in [0.717, 1.165) is 25.9 Å². The second-order valence-corrected chi connectivity index (χ2v) is 5.64. The summed E-state index contributed by atoms with van der Waals surface area (Å²) in [6.07, 6.45) is 1.52. The largest absolute Gasteiger partial charge is 0.496 e. The lowest BCUT2D eigenvalue weighted by Gasteiger charge is -2.40. The standard InChI is InChI=1S/C15H22FNO2/c1-15(2,17-8-4-5-9-17)14(18)12-10-11(16)6-7-13(12)19-3/h6-7,10,14,18H,4-5,8-9H2,1-3H3. The quantitative estimate of drug-likeness (QED) is 0.910. The molecule has 0 amide bonds. The lowest BCUT2D eigenvalue weighted by molar-refractivity contribution is -0.0000898. The van der Waals surface area contributed by atoms with Gasteiger partial charge in [0.15, 0.2) is 0 Å². The number of hydrogen-bond donors (Lipinski definition) is 1. The van der Waals surface area contributed by atoms with E-state index in [1.165, 1.54) is 19.2 Å². The number of hydrogen-bond acceptors (Lipinski definition) is 3. The molecule has 0 radical (unpaired) electrons. The van der Waals surface area contributed by atoms with Crippen molar-refractivity contribution in [3.63, 3.8) is 0 Å². The normalized spacial score (nSPS) is 18.6. The van der Waals surface area contributed by atoms with E-state index < -0.39 is 11.6 Å². The summed E-state index contributed by atoms with van der Waals surface area (Å²) in [6, 6.07) is 4.27. The minimum atomic E-state index is -0.781. The Morgan fingerprint density at radius 2 is 1.95 bits per heavy atom. The summed E-state index contributed by atoms with van der Waals surface area (Å²) in [5, 5.41) is 10.7. The first-order valence-corrected chi connectivity index (χ1v) is 6.73. The maximum absolute atomic E-state index is 13.4. The van der Waals surface area contributed by atoms with Gasteiger partial charge in [0.1, 0.15) is 17.7 Å². The minimum Gasteiger partial charge on any atom is -0.496 e. The molecule has 1 saturated heterocycles. The molecule has 106 valence electrons. The number of aliphatic hydroxyl groups excluding tert-OH is 1. The van der Waals surface area contributed by atoms with Gasteiger partial charge >= 0.3 is 0 Å². The molecule has 1 aliphatic heterocycles. The van der Waals surface area contributed by atoms with Crippen LogP contribution in [-0.2, 0) is 0 Å². The van der Waals surface area contributed by atoms with Gasteiger partial charge in [0.2, 0.25) is 0 Å². The average molecular weight is 267 g/mol. The van der Waals surface area contributed by atoms with Crippen LogP contribution in [0.25, 0.3) is 0 Å². The van der Waals surface area contributed by atoms with Crippen molar-refractivity contribution in [1.29, 1.82) is 0 Å². The van der Waals surface area contributed by atoms with Crippen LogP contribution in [0.3, 0.4) is 0 Å². The van der Waals surface area contributed by atoms with Gasteiger partial charge in [0, 0.05) is 11.1 Å². The number of methoxy groups -OCH3 is 1. The minimum absolute atomic E-state index is 0.355. The molecule has 1 aromatic carbocycles. The molecule has 1 atom stereocenters. The fraction of sp³-hybridized carbons (Fsp3) is 0.600. The summed E-state index contributed by atoms with van der Waals surface area (Å²) in [7, 11) is 1.53. The fourth-order valence-corrected chi connectivity index (χ4v) is 2.77. The summed E-state index contributed by atoms with van der Waals surface area (Å²) >= 11 is 0. The summed E-state index contributed by atoms with van der Waals surface area (Å²) in [6.45, 7) is 5.93. The number of aliphatic hydroxyl groups is 1. The Balaban J connectivity index is 2.31. The number of benzene rings is 1. The molecule has 0 spiro atoms. The van der Waals surface area contributed by atoms with Crippen LogP contribution in [-0.4, -0.2) is 35.7 Å². The molecule has 19 heavy (non-hydrogen) atoms. The van der Waals surface area contributed by atoms with Gasteiger partial charge in [-0.2, -0.15) is 0 Å². The van der Waals surface area contributed by atoms with Gasteiger partial charge in [-0.3, -0.25) is 4.90 Å². The Labute approximate surface area is 114 Å². The molecule has 0 aromatic heterocycles. The zero-order chi connectivity index (χ0) is 14.0. The van der Waals surface area contributed by atoms with Crippen LogP contribution >= 0.6 is 0 Å². The van der Waals surface area contributed by atoms with Crippen LogP contribution in [0.1, 0.15) is 38.4 Å². The molecule has 2 rings (SSSR count). The Bertz CT molecular complexity index is 442. The number of likely N-dealkylation sites (tertiary alicyclic amines) is 1. The summed E-state index contributed by atoms with van der Waals surface area (Å²) in [5.74, 6) is 0.174. The van der Waals surface area contributed by atoms with E-state index in [0.29, 0.717) is 11.3 Å². The molecule has 1 heterocycles. The van der Waals surface area contributed by atoms with Crippen molar-refractivity contribution in [2.75, 3.05) is 20.2 Å². The second kappa shape index (κ2) is 5.47. The predicted octanol–water partition coefficient (Wildman–Crippen LogP) is 2.74. The van der Waals surface area contributed by atoms with Crippen LogP contribution in [0.5, 0.6) is 5.75 Å². The lowest BCUT2D eigenvalue weighted by Crippen LogP contribution is -2.46. The molecule has 4 heteroatoms. The van der Waals surface area contributed by atoms with Gasteiger partial charge in [-0.1, -0.05) is 0 Å². The van der Waals surface area contributed by atoms with Crippen molar-refractivity contribution < 1.29 is 14.2 Å². The molecule has 1 N–H and O–H groups in total. The lowest BCUT2D eigenvalue weighted by atomic mass is 9.89. The highest BCUT2D eigenvalue weighted by atomic mass is 19.1. The topological polar surface area (TPSA) is 32.7 Å². The average Bonchev–Trinajstić information content (AvgIpc) is 2.92. The van der Waals surface area contributed by atoms with E-state index in [9.17, 15) is 9.50 Å². The van der Waals surface area contributed by atoms with E-state index in [4.69, 9.17) is 4.74 Å². The summed E-state index contributed by atoms with van der Waals surface area (Å²) < 4.78 is 18.7. The maximum Gasteiger partial charge on any atom is 0.124 e. The molecule has 1 unspecified atom stereocenters. The van der Waals surface area contributed by atoms with Gasteiger partial charge in [0.25, 0.3) is 0 Å². The molecule has 3 nitrogen and oxygen atoms in total. The van der Waals surface area contributed by atoms with E-state index in [2.05, 4.69) is 4.90 Å². The Morgan fingerprint density at radius 1 is 1.32 bits per heavy atom. The summed E-state index contributed by atoms with van der Waals surface area (Å²) in [4.78, 5) is 2.25. The van der Waals surface area contributed by atoms with Crippen LogP contribution in [0.15, 0.2) is 18.2 Å². The van der Waals surface area contributed by atoms with Gasteiger partial charge in [-0.05, 0) is 58.0 Å². The number of ether oxygens (including phenoxy) is 1. The zero-order valence-electron chi connectivity index (χ0n) is 11.8. The molecular formula is C15H22FNO2. The number of halogens is 1. The molecule has 0 saturated carbocycles. The molecule has 1 fully saturated rings. The molecule has 0 bridgehead atoms. The highest BCUT2D eigenvalue weighted by Gasteiger charge is 2.38. The number of rotatable bonds is 4. The predicted molar refractivity (Wildman–Crippen MR) is 72.8 cm³/mol. The third-order valence-corrected chi connectivity index (χ3v) is 4.08. The number of nitrogens with zero attached hydrogens (tertiary/aromatic N) is 1. The fourth-order valence-electron chi connectivity index (χ4n) is 2.77. The van der Waals surface area contributed by atoms with Crippen LogP contribution in [0, 0.1) is 5.82 Å². The first-order valence-electron chi connectivity index (χ1n) is 6.73. The molecule has 1 aromatic rings. The smallest absolute Gasteiger partial charge is 0.124 e. The molecule has 1 aliphatic rings. The van der Waals surface area contributed by atoms with Crippen LogP contribution in [0.4, 0.5) is 4.39 Å². The Morgan fingerprint density at radius 3 is 2.53 bits per heavy atom. The SMILES string of the molecule is COc1ccc(F)cc1C(O)C(C)(C)N1CCCC1. The highest BCUT2D eigenvalue weighted by Crippen LogP contribution is 2.37. The first-order chi connectivity index (χ1) is 8.96. The monoisotopic (exact) mass is 267 g/mol. The van der Waals surface area contributed by atoms with Crippen molar-refractivity contribution in [1.82, 2.24) is 4.90 Å².